The van der Waals surface area contributed by atoms with Crippen molar-refractivity contribution in [3.63, 3.8) is 0 Å². The van der Waals surface area contributed by atoms with E-state index in [-0.39, 0.29) is 175 Å². The first-order valence-electron chi connectivity index (χ1n) is 7.44. The van der Waals surface area contributed by atoms with Crippen LogP contribution in [0.4, 0.5) is 4.79 Å². The molecule has 0 aliphatic carbocycles. The van der Waals surface area contributed by atoms with Crippen LogP contribution in [0.5, 0.6) is 0 Å². The summed E-state index contributed by atoms with van der Waals surface area (Å²) in [5, 5.41) is 7.26. The smallest absolute Gasteiger partial charge is 0.545 e. The van der Waals surface area contributed by atoms with Gasteiger partial charge < -0.3 is 50.8 Å². The van der Waals surface area contributed by atoms with Gasteiger partial charge in [0.05, 0.1) is 12.8 Å². The Morgan fingerprint density at radius 1 is 1.19 bits per heavy atom. The topological polar surface area (TPSA) is 56.1 Å². The molecule has 3 aromatic rings. The van der Waals surface area contributed by atoms with Crippen LogP contribution in [0.2, 0.25) is 0 Å². The molecule has 5 nitrogen and oxygen atoms in total. The molecule has 0 atom stereocenters. The van der Waals surface area contributed by atoms with Gasteiger partial charge in [-0.3, -0.25) is 0 Å². The van der Waals surface area contributed by atoms with E-state index >= 15 is 0 Å². The van der Waals surface area contributed by atoms with E-state index in [2.05, 4.69) is 33.4 Å². The second-order valence-corrected chi connectivity index (χ2v) is 5.22. The van der Waals surface area contributed by atoms with Gasteiger partial charge in [-0.1, -0.05) is 12.1 Å². The van der Waals surface area contributed by atoms with Crippen LogP contribution in [0.25, 0.3) is 16.9 Å². The second-order valence-electron chi connectivity index (χ2n) is 5.22. The van der Waals surface area contributed by atoms with Crippen LogP contribution in [0.1, 0.15) is 11.1 Å². The molecule has 8 heteroatoms. The quantitative estimate of drug-likeness (QED) is 0.316. The van der Waals surface area contributed by atoms with Gasteiger partial charge in [0.1, 0.15) is 0 Å². The largest absolute Gasteiger partial charge is 1.00 e. The minimum Gasteiger partial charge on any atom is -0.545 e. The molecule has 0 aliphatic rings. The van der Waals surface area contributed by atoms with Crippen molar-refractivity contribution in [3.8, 4) is 16.9 Å². The fourth-order valence-corrected chi connectivity index (χ4v) is 2.30. The molecule has 2 aromatic carbocycles. The molecule has 27 heavy (non-hydrogen) atoms. The summed E-state index contributed by atoms with van der Waals surface area (Å²) in [7, 11) is 1.35. The summed E-state index contributed by atoms with van der Waals surface area (Å²) in [4.78, 5) is 11.3. The molecule has 0 unspecified atom stereocenters. The van der Waals surface area contributed by atoms with Crippen LogP contribution >= 0.6 is 0 Å². The van der Waals surface area contributed by atoms with E-state index in [0.717, 1.165) is 28.1 Å². The van der Waals surface area contributed by atoms with Crippen LogP contribution in [0.3, 0.4) is 0 Å². The standard InChI is InChI=1S/C19H16N3O2.3Rb/c1-14-8-9-15(12-16(14)13-20-19(23)24-2)18-10-11-22(21-18)17-6-4-3-5-7-17;;;/h4-5,8-12H,13H2,1-2H3,(H,20,23);;;/q-3;3*+1. The number of hydrogen-bond donors (Lipinski definition) is 1. The Labute approximate surface area is 306 Å². The second kappa shape index (κ2) is 15.2. The molecule has 1 N–H and O–H groups in total. The normalized spacial score (nSPS) is 9.26. The molecule has 1 amide bonds. The number of carbonyl (C=O) groups is 1. The number of hydrogen-bond acceptors (Lipinski definition) is 3. The predicted molar refractivity (Wildman–Crippen MR) is 89.5 cm³/mol. The number of rotatable bonds is 4. The number of carbonyl (C=O) groups excluding carboxylic acids is 1. The Morgan fingerprint density at radius 2 is 1.89 bits per heavy atom. The molecule has 0 bridgehead atoms. The molecule has 0 spiro atoms. The van der Waals surface area contributed by atoms with E-state index in [1.807, 2.05) is 37.4 Å². The fraction of sp³-hybridized carbons (Fsp3) is 0.158. The molecule has 1 heterocycles. The van der Waals surface area contributed by atoms with E-state index in [0.29, 0.717) is 6.54 Å². The van der Waals surface area contributed by atoms with Gasteiger partial charge in [-0.2, -0.15) is 5.10 Å². The van der Waals surface area contributed by atoms with Crippen molar-refractivity contribution >= 4 is 6.09 Å². The van der Waals surface area contributed by atoms with Gasteiger partial charge in [0.2, 0.25) is 0 Å². The van der Waals surface area contributed by atoms with Gasteiger partial charge in [-0.25, -0.2) is 4.79 Å². The van der Waals surface area contributed by atoms with E-state index in [9.17, 15) is 4.79 Å². The Kier molecular flexibility index (Phi) is 16.5. The first kappa shape index (κ1) is 29.3. The third-order valence-electron chi connectivity index (χ3n) is 3.66. The third-order valence-corrected chi connectivity index (χ3v) is 3.66. The Bertz CT molecular complexity index is 854. The van der Waals surface area contributed by atoms with Crippen molar-refractivity contribution in [2.45, 2.75) is 13.5 Å². The van der Waals surface area contributed by atoms with Crippen LogP contribution in [0, 0.1) is 25.1 Å². The molecule has 0 radical (unpaired) electrons. The number of nitrogens with one attached hydrogen (secondary N) is 1. The maximum atomic E-state index is 11.3. The molecule has 0 aliphatic heterocycles. The SMILES string of the molecule is COC(=O)NCc1cc(-c2ccn(-c3[c-]c[c-]c[c-]3)n2)ccc1C.[Rb+].[Rb+].[Rb+]. The van der Waals surface area contributed by atoms with E-state index in [1.165, 1.54) is 7.11 Å². The maximum Gasteiger partial charge on any atom is 1.00 e. The predicted octanol–water partition coefficient (Wildman–Crippen LogP) is -5.88. The number of aromatic nitrogens is 2. The van der Waals surface area contributed by atoms with Crippen molar-refractivity contribution in [2.75, 3.05) is 7.11 Å². The number of alkyl carbamates (subject to hydrolysis) is 1. The number of ether oxygens (including phenoxy) is 1. The number of methoxy groups -OCH3 is 1. The van der Waals surface area contributed by atoms with E-state index < -0.39 is 6.09 Å². The summed E-state index contributed by atoms with van der Waals surface area (Å²) >= 11 is 0. The van der Waals surface area contributed by atoms with Crippen LogP contribution in [0.15, 0.2) is 42.6 Å². The van der Waals surface area contributed by atoms with Gasteiger partial charge in [-0.05, 0) is 30.2 Å². The summed E-state index contributed by atoms with van der Waals surface area (Å²) in [5.41, 5.74) is 4.65. The molecule has 3 rings (SSSR count). The maximum absolute atomic E-state index is 11.3. The Balaban J connectivity index is 0.00000225. The van der Waals surface area contributed by atoms with E-state index in [4.69, 9.17) is 0 Å². The summed E-state index contributed by atoms with van der Waals surface area (Å²) < 4.78 is 6.32. The summed E-state index contributed by atoms with van der Waals surface area (Å²) in [5.74, 6) is 0. The Hall–Kier alpha value is 2.34. The molecule has 0 saturated heterocycles. The number of aryl methyl sites for hydroxylation is 1. The number of benzene rings is 2. The van der Waals surface area contributed by atoms with Crippen molar-refractivity contribution < 1.29 is 184 Å². The average Bonchev–Trinajstić information content (AvgIpc) is 3.11. The van der Waals surface area contributed by atoms with Crippen molar-refractivity contribution in [2.24, 2.45) is 0 Å². The molecule has 0 saturated carbocycles. The van der Waals surface area contributed by atoms with Gasteiger partial charge in [0.25, 0.3) is 0 Å². The number of nitrogens with zero attached hydrogens (tertiary/aromatic N) is 2. The summed E-state index contributed by atoms with van der Waals surface area (Å²) in [6.45, 7) is 2.41. The molecular weight excluding hydrogens is 559 g/mol. The van der Waals surface area contributed by atoms with E-state index in [1.54, 1.807) is 16.8 Å². The monoisotopic (exact) mass is 573 g/mol. The third kappa shape index (κ3) is 8.77. The molecule has 122 valence electrons. The van der Waals surface area contributed by atoms with Crippen LogP contribution in [-0.2, 0) is 11.3 Å². The summed E-state index contributed by atoms with van der Waals surface area (Å²) in [6, 6.07) is 20.3. The average molecular weight is 575 g/mol. The first-order chi connectivity index (χ1) is 11.7. The molecular formula is C19H16N3O2Rb3. The van der Waals surface area contributed by atoms with Gasteiger partial charge in [0.15, 0.2) is 0 Å². The van der Waals surface area contributed by atoms with Gasteiger partial charge in [0, 0.05) is 18.3 Å². The van der Waals surface area contributed by atoms with Gasteiger partial charge in [-0.15, -0.1) is 0 Å². The molecule has 1 aromatic heterocycles. The minimum atomic E-state index is -0.448. The van der Waals surface area contributed by atoms with Gasteiger partial charge >= 0.3 is 181 Å². The van der Waals surface area contributed by atoms with Crippen LogP contribution in [-0.4, -0.2) is 23.0 Å². The van der Waals surface area contributed by atoms with Crippen molar-refractivity contribution in [1.29, 1.82) is 0 Å². The summed E-state index contributed by atoms with van der Waals surface area (Å²) in [6.07, 6.45) is 1.42. The zero-order valence-corrected chi connectivity index (χ0v) is 31.2. The first-order valence-corrected chi connectivity index (χ1v) is 7.44. The van der Waals surface area contributed by atoms with Crippen LogP contribution < -0.4 is 180 Å². The van der Waals surface area contributed by atoms with Crippen molar-refractivity contribution in [1.82, 2.24) is 15.1 Å². The number of amides is 1. The zero-order valence-electron chi connectivity index (χ0n) is 16.5. The Morgan fingerprint density at radius 3 is 2.56 bits per heavy atom. The fourth-order valence-electron chi connectivity index (χ4n) is 2.30. The van der Waals surface area contributed by atoms with Crippen molar-refractivity contribution in [3.05, 3.63) is 71.9 Å². The minimum absolute atomic E-state index is 0. The molecule has 0 fully saturated rings. The zero-order chi connectivity index (χ0) is 16.9.